The van der Waals surface area contributed by atoms with Gasteiger partial charge in [0.05, 0.1) is 36.8 Å². The number of hydrogen-bond acceptors (Lipinski definition) is 6. The highest BCUT2D eigenvalue weighted by atomic mass is 16.5. The predicted molar refractivity (Wildman–Crippen MR) is 139 cm³/mol. The summed E-state index contributed by atoms with van der Waals surface area (Å²) >= 11 is 0. The summed E-state index contributed by atoms with van der Waals surface area (Å²) in [6.45, 7) is 9.42. The molecule has 190 valence electrons. The summed E-state index contributed by atoms with van der Waals surface area (Å²) in [4.78, 5) is 31.7. The second-order valence-corrected chi connectivity index (χ2v) is 9.49. The van der Waals surface area contributed by atoms with E-state index in [0.717, 1.165) is 69.0 Å². The highest BCUT2D eigenvalue weighted by Gasteiger charge is 2.42. The number of ether oxygens (including phenoxy) is 2. The van der Waals surface area contributed by atoms with Gasteiger partial charge < -0.3 is 18.8 Å². The third-order valence-electron chi connectivity index (χ3n) is 7.06. The molecule has 1 amide bonds. The van der Waals surface area contributed by atoms with Crippen LogP contribution in [-0.4, -0.2) is 61.7 Å². The monoisotopic (exact) mass is 490 g/mol. The van der Waals surface area contributed by atoms with Crippen molar-refractivity contribution in [3.63, 3.8) is 0 Å². The average molecular weight is 491 g/mol. The Kier molecular flexibility index (Phi) is 7.39. The topological polar surface area (TPSA) is 72.2 Å². The van der Waals surface area contributed by atoms with Crippen LogP contribution in [-0.2, 0) is 11.2 Å². The van der Waals surface area contributed by atoms with E-state index in [2.05, 4.69) is 18.7 Å². The zero-order chi connectivity index (χ0) is 25.1. The summed E-state index contributed by atoms with van der Waals surface area (Å²) in [6, 6.07) is 12.9. The molecular weight excluding hydrogens is 456 g/mol. The Morgan fingerprint density at radius 3 is 2.64 bits per heavy atom. The van der Waals surface area contributed by atoms with Crippen molar-refractivity contribution in [3.05, 3.63) is 75.1 Å². The van der Waals surface area contributed by atoms with Crippen LogP contribution < -0.4 is 10.2 Å². The van der Waals surface area contributed by atoms with Gasteiger partial charge in [-0.3, -0.25) is 14.5 Å². The highest BCUT2D eigenvalue weighted by Crippen LogP contribution is 2.39. The van der Waals surface area contributed by atoms with Crippen LogP contribution >= 0.6 is 0 Å². The first kappa shape index (κ1) is 24.5. The smallest absolute Gasteiger partial charge is 0.290 e. The lowest BCUT2D eigenvalue weighted by Crippen LogP contribution is -2.38. The quantitative estimate of drug-likeness (QED) is 0.442. The van der Waals surface area contributed by atoms with Crippen molar-refractivity contribution < 1.29 is 18.7 Å². The Labute approximate surface area is 211 Å². The van der Waals surface area contributed by atoms with Gasteiger partial charge in [-0.15, -0.1) is 0 Å². The van der Waals surface area contributed by atoms with Crippen LogP contribution in [0.25, 0.3) is 11.0 Å². The van der Waals surface area contributed by atoms with E-state index in [9.17, 15) is 9.59 Å². The van der Waals surface area contributed by atoms with E-state index in [4.69, 9.17) is 13.9 Å². The minimum Gasteiger partial charge on any atom is -0.494 e. The number of nitrogens with zero attached hydrogens (tertiary/aromatic N) is 2. The number of hydrogen-bond donors (Lipinski definition) is 0. The van der Waals surface area contributed by atoms with E-state index in [0.29, 0.717) is 29.7 Å². The van der Waals surface area contributed by atoms with Crippen molar-refractivity contribution in [2.24, 2.45) is 0 Å². The highest BCUT2D eigenvalue weighted by molar-refractivity contribution is 5.99. The second kappa shape index (κ2) is 10.8. The summed E-state index contributed by atoms with van der Waals surface area (Å²) in [6.07, 6.45) is 2.52. The molecule has 0 spiro atoms. The largest absolute Gasteiger partial charge is 0.494 e. The van der Waals surface area contributed by atoms with Crippen LogP contribution in [0.3, 0.4) is 0 Å². The van der Waals surface area contributed by atoms with Crippen molar-refractivity contribution in [1.29, 1.82) is 0 Å². The molecule has 3 aromatic rings. The average Bonchev–Trinajstić information content (AvgIpc) is 3.19. The maximum atomic E-state index is 13.8. The van der Waals surface area contributed by atoms with Gasteiger partial charge in [-0.25, -0.2) is 0 Å². The van der Waals surface area contributed by atoms with Gasteiger partial charge in [0.1, 0.15) is 11.3 Å². The van der Waals surface area contributed by atoms with Crippen LogP contribution in [0.5, 0.6) is 5.75 Å². The van der Waals surface area contributed by atoms with Crippen LogP contribution in [0.4, 0.5) is 0 Å². The summed E-state index contributed by atoms with van der Waals surface area (Å²) in [5.41, 5.74) is 2.68. The maximum Gasteiger partial charge on any atom is 0.290 e. The fourth-order valence-corrected chi connectivity index (χ4v) is 5.15. The fraction of sp³-hybridized carbons (Fsp3) is 0.448. The molecule has 2 aliphatic heterocycles. The van der Waals surface area contributed by atoms with Gasteiger partial charge >= 0.3 is 0 Å². The first-order valence-corrected chi connectivity index (χ1v) is 13.0. The Hall–Kier alpha value is -3.16. The molecule has 0 radical (unpaired) electrons. The molecule has 2 aromatic carbocycles. The number of carbonyl (C=O) groups excluding carboxylic acids is 1. The van der Waals surface area contributed by atoms with E-state index in [-0.39, 0.29) is 17.1 Å². The van der Waals surface area contributed by atoms with Gasteiger partial charge in [-0.05, 0) is 54.7 Å². The van der Waals surface area contributed by atoms with Crippen molar-refractivity contribution in [3.8, 4) is 5.75 Å². The van der Waals surface area contributed by atoms with Crippen molar-refractivity contribution in [2.45, 2.75) is 39.2 Å². The third-order valence-corrected chi connectivity index (χ3v) is 7.06. The minimum absolute atomic E-state index is 0.129. The van der Waals surface area contributed by atoms with Crippen LogP contribution in [0.2, 0.25) is 0 Å². The number of fused-ring (bicyclic) bond motifs is 2. The lowest BCUT2D eigenvalue weighted by Gasteiger charge is -2.29. The molecule has 0 N–H and O–H groups in total. The SMILES string of the molecule is CCCOc1cccc(C2c3c(oc4ccc(CC)cc4c3=O)C(=O)N2CCCN2CCOCC2)c1. The zero-order valence-electron chi connectivity index (χ0n) is 21.1. The van der Waals surface area contributed by atoms with Gasteiger partial charge in [0.15, 0.2) is 5.43 Å². The molecule has 2 aliphatic rings. The zero-order valence-corrected chi connectivity index (χ0v) is 21.1. The first-order chi connectivity index (χ1) is 17.6. The van der Waals surface area contributed by atoms with E-state index in [1.54, 1.807) is 11.0 Å². The maximum absolute atomic E-state index is 13.8. The van der Waals surface area contributed by atoms with Crippen molar-refractivity contribution >= 4 is 16.9 Å². The summed E-state index contributed by atoms with van der Waals surface area (Å²) in [5, 5.41) is 0.527. The van der Waals surface area contributed by atoms with Crippen molar-refractivity contribution in [2.75, 3.05) is 46.0 Å². The first-order valence-electron chi connectivity index (χ1n) is 13.0. The molecule has 0 aliphatic carbocycles. The van der Waals surface area contributed by atoms with Gasteiger partial charge in [0, 0.05) is 26.2 Å². The molecule has 0 saturated carbocycles. The van der Waals surface area contributed by atoms with Crippen LogP contribution in [0.1, 0.15) is 60.0 Å². The molecule has 1 aromatic heterocycles. The predicted octanol–water partition coefficient (Wildman–Crippen LogP) is 4.41. The molecule has 7 nitrogen and oxygen atoms in total. The Morgan fingerprint density at radius 1 is 1.03 bits per heavy atom. The molecular formula is C29H34N2O5. The molecule has 7 heteroatoms. The Bertz CT molecular complexity index is 1290. The summed E-state index contributed by atoms with van der Waals surface area (Å²) in [7, 11) is 0. The minimum atomic E-state index is -0.506. The van der Waals surface area contributed by atoms with Gasteiger partial charge in [0.2, 0.25) is 5.76 Å². The Balaban J connectivity index is 1.54. The number of rotatable bonds is 9. The lowest BCUT2D eigenvalue weighted by atomic mass is 9.97. The molecule has 1 saturated heterocycles. The third kappa shape index (κ3) is 4.77. The van der Waals surface area contributed by atoms with Crippen LogP contribution in [0, 0.1) is 0 Å². The number of benzene rings is 2. The van der Waals surface area contributed by atoms with E-state index in [1.807, 2.05) is 36.4 Å². The molecule has 1 unspecified atom stereocenters. The molecule has 36 heavy (non-hydrogen) atoms. The standard InChI is InChI=1S/C29H34N2O5/c1-3-15-35-22-8-5-7-21(19-22)26-25-27(32)23-18-20(4-2)9-10-24(23)36-28(25)29(33)31(26)12-6-11-30-13-16-34-17-14-30/h5,7-10,18-19,26H,3-4,6,11-17H2,1-2H3. The second-order valence-electron chi connectivity index (χ2n) is 9.49. The summed E-state index contributed by atoms with van der Waals surface area (Å²) in [5.74, 6) is 0.672. The van der Waals surface area contributed by atoms with Gasteiger partial charge in [-0.1, -0.05) is 32.0 Å². The van der Waals surface area contributed by atoms with Gasteiger partial charge in [0.25, 0.3) is 5.91 Å². The number of carbonyl (C=O) groups is 1. The van der Waals surface area contributed by atoms with Gasteiger partial charge in [-0.2, -0.15) is 0 Å². The van der Waals surface area contributed by atoms with E-state index in [1.165, 1.54) is 0 Å². The van der Waals surface area contributed by atoms with Crippen molar-refractivity contribution in [1.82, 2.24) is 9.80 Å². The van der Waals surface area contributed by atoms with E-state index >= 15 is 0 Å². The number of morpholine rings is 1. The molecule has 1 fully saturated rings. The fourth-order valence-electron chi connectivity index (χ4n) is 5.15. The van der Waals surface area contributed by atoms with E-state index < -0.39 is 6.04 Å². The molecule has 1 atom stereocenters. The molecule has 5 rings (SSSR count). The molecule has 0 bridgehead atoms. The summed E-state index contributed by atoms with van der Waals surface area (Å²) < 4.78 is 17.4. The number of aryl methyl sites for hydroxylation is 1. The normalized spacial score (nSPS) is 18.1. The Morgan fingerprint density at radius 2 is 1.86 bits per heavy atom. The lowest BCUT2D eigenvalue weighted by molar-refractivity contribution is 0.0353. The number of amides is 1. The molecule has 3 heterocycles. The van der Waals surface area contributed by atoms with Crippen LogP contribution in [0.15, 0.2) is 51.7 Å².